The average Bonchev–Trinajstić information content (AvgIpc) is 2.97. The Hall–Kier alpha value is -3.09. The van der Waals surface area contributed by atoms with E-state index >= 15 is 0 Å². The zero-order valence-corrected chi connectivity index (χ0v) is 14.0. The summed E-state index contributed by atoms with van der Waals surface area (Å²) in [5.74, 6) is -0.331. The maximum atomic E-state index is 12.2. The lowest BCUT2D eigenvalue weighted by Gasteiger charge is -2.13. The van der Waals surface area contributed by atoms with E-state index in [1.54, 1.807) is 19.1 Å². The number of carbonyl (C=O) groups excluding carboxylic acids is 2. The molecule has 0 bridgehead atoms. The largest absolute Gasteiger partial charge is 0.507 e. The first-order valence-electron chi connectivity index (χ1n) is 7.88. The number of nitrogens with zero attached hydrogens (tertiary/aromatic N) is 1. The Balaban J connectivity index is 1.89. The third-order valence-electron chi connectivity index (χ3n) is 4.14. The number of phenols is 1. The Labute approximate surface area is 144 Å². The maximum Gasteiger partial charge on any atom is 0.374 e. The second kappa shape index (κ2) is 6.80. The van der Waals surface area contributed by atoms with Gasteiger partial charge in [-0.05, 0) is 31.9 Å². The van der Waals surface area contributed by atoms with Crippen molar-refractivity contribution in [1.29, 1.82) is 0 Å². The Morgan fingerprint density at radius 3 is 2.76 bits per heavy atom. The summed E-state index contributed by atoms with van der Waals surface area (Å²) in [6.45, 7) is 1.76. The van der Waals surface area contributed by atoms with Crippen LogP contribution in [0.1, 0.15) is 50.6 Å². The second-order valence-electron chi connectivity index (χ2n) is 5.72. The van der Waals surface area contributed by atoms with Gasteiger partial charge in [-0.15, -0.1) is 0 Å². The van der Waals surface area contributed by atoms with Gasteiger partial charge in [0.2, 0.25) is 5.76 Å². The van der Waals surface area contributed by atoms with Crippen molar-refractivity contribution >= 4 is 17.6 Å². The molecule has 3 rings (SSSR count). The number of ether oxygens (including phenoxy) is 1. The van der Waals surface area contributed by atoms with Crippen LogP contribution in [0.2, 0.25) is 0 Å². The fourth-order valence-corrected chi connectivity index (χ4v) is 2.91. The van der Waals surface area contributed by atoms with Crippen molar-refractivity contribution in [3.05, 3.63) is 52.5 Å². The number of rotatable bonds is 3. The molecule has 0 saturated heterocycles. The highest BCUT2D eigenvalue weighted by Gasteiger charge is 2.28. The number of carbonyl (C=O) groups is 2. The molecule has 2 N–H and O–H groups in total. The minimum atomic E-state index is -0.538. The van der Waals surface area contributed by atoms with Gasteiger partial charge in [-0.25, -0.2) is 10.2 Å². The summed E-state index contributed by atoms with van der Waals surface area (Å²) in [6.07, 6.45) is 2.14. The summed E-state index contributed by atoms with van der Waals surface area (Å²) < 4.78 is 10.4. The van der Waals surface area contributed by atoms with Crippen molar-refractivity contribution in [3.8, 4) is 5.75 Å². The van der Waals surface area contributed by atoms with Crippen LogP contribution < -0.4 is 5.43 Å². The average molecular weight is 342 g/mol. The zero-order valence-electron chi connectivity index (χ0n) is 14.0. The minimum Gasteiger partial charge on any atom is -0.507 e. The lowest BCUT2D eigenvalue weighted by molar-refractivity contribution is 0.0561. The summed E-state index contributed by atoms with van der Waals surface area (Å²) in [5, 5.41) is 13.9. The molecule has 1 aromatic heterocycles. The molecule has 0 atom stereocenters. The first kappa shape index (κ1) is 16.8. The van der Waals surface area contributed by atoms with E-state index in [4.69, 9.17) is 9.15 Å². The van der Waals surface area contributed by atoms with Crippen molar-refractivity contribution in [2.75, 3.05) is 7.11 Å². The number of furan rings is 1. The summed E-state index contributed by atoms with van der Waals surface area (Å²) in [7, 11) is 1.30. The number of nitrogens with one attached hydrogen (secondary N) is 1. The number of hydrazone groups is 1. The van der Waals surface area contributed by atoms with Gasteiger partial charge in [0.25, 0.3) is 5.91 Å². The molecule has 1 heterocycles. The number of esters is 1. The molecule has 0 unspecified atom stereocenters. The molecular weight excluding hydrogens is 324 g/mol. The van der Waals surface area contributed by atoms with Crippen LogP contribution in [-0.4, -0.2) is 29.8 Å². The minimum absolute atomic E-state index is 0.114. The molecule has 0 spiro atoms. The monoisotopic (exact) mass is 342 g/mol. The number of hydrogen-bond donors (Lipinski definition) is 2. The lowest BCUT2D eigenvalue weighted by atomic mass is 9.93. The summed E-state index contributed by atoms with van der Waals surface area (Å²) in [4.78, 5) is 24.0. The molecule has 1 aromatic carbocycles. The molecule has 0 fully saturated rings. The number of hydrogen-bond acceptors (Lipinski definition) is 6. The van der Waals surface area contributed by atoms with E-state index in [9.17, 15) is 14.7 Å². The van der Waals surface area contributed by atoms with Crippen molar-refractivity contribution in [2.24, 2.45) is 5.10 Å². The smallest absolute Gasteiger partial charge is 0.374 e. The van der Waals surface area contributed by atoms with E-state index in [0.29, 0.717) is 29.9 Å². The number of fused-ring (bicyclic) bond motifs is 1. The van der Waals surface area contributed by atoms with Gasteiger partial charge in [0, 0.05) is 17.5 Å². The Kier molecular flexibility index (Phi) is 4.56. The molecule has 130 valence electrons. The first-order valence-corrected chi connectivity index (χ1v) is 7.88. The van der Waals surface area contributed by atoms with Gasteiger partial charge >= 0.3 is 5.97 Å². The number of phenolic OH excluding ortho intramolecular Hbond substituents is 1. The highest BCUT2D eigenvalue weighted by molar-refractivity contribution is 6.06. The van der Waals surface area contributed by atoms with Crippen LogP contribution in [0.15, 0.2) is 33.8 Å². The van der Waals surface area contributed by atoms with Crippen LogP contribution >= 0.6 is 0 Å². The van der Waals surface area contributed by atoms with E-state index in [1.165, 1.54) is 19.2 Å². The van der Waals surface area contributed by atoms with E-state index in [-0.39, 0.29) is 17.1 Å². The van der Waals surface area contributed by atoms with Gasteiger partial charge in [-0.1, -0.05) is 12.1 Å². The highest BCUT2D eigenvalue weighted by Crippen LogP contribution is 2.30. The van der Waals surface area contributed by atoms with Gasteiger partial charge in [0.05, 0.1) is 18.4 Å². The Morgan fingerprint density at radius 2 is 2.04 bits per heavy atom. The van der Waals surface area contributed by atoms with Crippen LogP contribution in [0.5, 0.6) is 5.75 Å². The van der Waals surface area contributed by atoms with Crippen LogP contribution in [0.3, 0.4) is 0 Å². The Bertz CT molecular complexity index is 866. The quantitative estimate of drug-likeness (QED) is 0.659. The van der Waals surface area contributed by atoms with Crippen molar-refractivity contribution in [1.82, 2.24) is 5.43 Å². The molecule has 2 aromatic rings. The van der Waals surface area contributed by atoms with Gasteiger partial charge in [-0.3, -0.25) is 4.79 Å². The number of aryl methyl sites for hydroxylation is 1. The number of amides is 1. The van der Waals surface area contributed by atoms with E-state index in [0.717, 1.165) is 12.0 Å². The predicted octanol–water partition coefficient (Wildman–Crippen LogP) is 2.55. The summed E-state index contributed by atoms with van der Waals surface area (Å²) in [5.41, 5.74) is 4.63. The molecule has 0 radical (unpaired) electrons. The predicted molar refractivity (Wildman–Crippen MR) is 89.8 cm³/mol. The molecule has 0 saturated carbocycles. The molecule has 0 aliphatic heterocycles. The fourth-order valence-electron chi connectivity index (χ4n) is 2.91. The molecule has 1 aliphatic carbocycles. The molecule has 7 heteroatoms. The number of benzene rings is 1. The topological polar surface area (TPSA) is 101 Å². The SMILES string of the molecule is COC(=O)c1oc2c(c1C)/C(=N/NC(=O)c1ccccc1O)CCC2. The number of para-hydroxylation sites is 1. The Morgan fingerprint density at radius 1 is 1.28 bits per heavy atom. The first-order chi connectivity index (χ1) is 12.0. The van der Waals surface area contributed by atoms with Gasteiger partial charge in [0.15, 0.2) is 0 Å². The van der Waals surface area contributed by atoms with E-state index in [2.05, 4.69) is 10.5 Å². The van der Waals surface area contributed by atoms with Crippen molar-refractivity contribution in [2.45, 2.75) is 26.2 Å². The molecule has 7 nitrogen and oxygen atoms in total. The number of aromatic hydroxyl groups is 1. The summed E-state index contributed by atoms with van der Waals surface area (Å²) >= 11 is 0. The van der Waals surface area contributed by atoms with Crippen LogP contribution in [0, 0.1) is 6.92 Å². The second-order valence-corrected chi connectivity index (χ2v) is 5.72. The van der Waals surface area contributed by atoms with Gasteiger partial charge in [-0.2, -0.15) is 5.10 Å². The maximum absolute atomic E-state index is 12.2. The van der Waals surface area contributed by atoms with E-state index in [1.807, 2.05) is 0 Å². The third kappa shape index (κ3) is 3.13. The van der Waals surface area contributed by atoms with Gasteiger partial charge in [0.1, 0.15) is 11.5 Å². The van der Waals surface area contributed by atoms with Crippen molar-refractivity contribution < 1.29 is 23.8 Å². The third-order valence-corrected chi connectivity index (χ3v) is 4.14. The standard InChI is InChI=1S/C18H18N2O5/c1-10-15-12(7-5-9-14(15)25-16(10)18(23)24-2)19-20-17(22)11-6-3-4-8-13(11)21/h3-4,6,8,21H,5,7,9H2,1-2H3,(H,20,22)/b19-12+. The fraction of sp³-hybridized carbons (Fsp3) is 0.278. The molecular formula is C18H18N2O5. The van der Waals surface area contributed by atoms with Crippen LogP contribution in [0.25, 0.3) is 0 Å². The molecule has 1 amide bonds. The lowest BCUT2D eigenvalue weighted by Crippen LogP contribution is -2.22. The molecule has 25 heavy (non-hydrogen) atoms. The molecule has 1 aliphatic rings. The number of methoxy groups -OCH3 is 1. The van der Waals surface area contributed by atoms with Crippen molar-refractivity contribution in [3.63, 3.8) is 0 Å². The van der Waals surface area contributed by atoms with E-state index < -0.39 is 11.9 Å². The van der Waals surface area contributed by atoms with Crippen LogP contribution in [0.4, 0.5) is 0 Å². The van der Waals surface area contributed by atoms with Gasteiger partial charge < -0.3 is 14.3 Å². The summed E-state index contributed by atoms with van der Waals surface area (Å²) in [6, 6.07) is 6.23. The highest BCUT2D eigenvalue weighted by atomic mass is 16.5. The normalized spacial score (nSPS) is 14.9. The zero-order chi connectivity index (χ0) is 18.0. The van der Waals surface area contributed by atoms with Crippen LogP contribution in [-0.2, 0) is 11.2 Å².